The summed E-state index contributed by atoms with van der Waals surface area (Å²) in [6, 6.07) is 13.3. The number of piperazine rings is 1. The number of thiophene rings is 1. The molecule has 0 spiro atoms. The fraction of sp³-hybridized carbons (Fsp3) is 0.542. The third-order valence-corrected chi connectivity index (χ3v) is 7.48. The van der Waals surface area contributed by atoms with Gasteiger partial charge in [0.15, 0.2) is 0 Å². The Balaban J connectivity index is 1.31. The Bertz CT molecular complexity index is 808. The number of carbonyl (C=O) groups is 1. The van der Waals surface area contributed by atoms with E-state index in [1.807, 2.05) is 4.90 Å². The van der Waals surface area contributed by atoms with Gasteiger partial charge in [-0.25, -0.2) is 4.79 Å². The summed E-state index contributed by atoms with van der Waals surface area (Å²) in [6.07, 6.45) is 2.49. The first-order valence-corrected chi connectivity index (χ1v) is 12.1. The molecule has 1 atom stereocenters. The van der Waals surface area contributed by atoms with Gasteiger partial charge in [0.2, 0.25) is 0 Å². The van der Waals surface area contributed by atoms with Crippen molar-refractivity contribution in [1.29, 1.82) is 0 Å². The standard InChI is InChI=1S/C24H34N4OS/c1-19-8-10-27(11-9-19)22(23-7-4-16-30-23)18-25-24(29)28-14-12-26(13-15-28)21-6-3-5-20(2)17-21/h3-7,16-17,19,22H,8-15,18H2,1-2H3,(H,25,29). The number of likely N-dealkylation sites (tertiary alicyclic amines) is 1. The Morgan fingerprint density at radius 1 is 1.10 bits per heavy atom. The van der Waals surface area contributed by atoms with E-state index in [4.69, 9.17) is 0 Å². The SMILES string of the molecule is Cc1cccc(N2CCN(C(=O)NCC(c3cccs3)N3CCC(C)CC3)CC2)c1. The van der Waals surface area contributed by atoms with Gasteiger partial charge in [-0.15, -0.1) is 11.3 Å². The number of hydrogen-bond donors (Lipinski definition) is 1. The number of nitrogens with one attached hydrogen (secondary N) is 1. The lowest BCUT2D eigenvalue weighted by Gasteiger charge is -2.38. The molecule has 3 heterocycles. The van der Waals surface area contributed by atoms with Gasteiger partial charge < -0.3 is 15.1 Å². The Hall–Kier alpha value is -2.05. The van der Waals surface area contributed by atoms with Gasteiger partial charge in [0.1, 0.15) is 0 Å². The highest BCUT2D eigenvalue weighted by Gasteiger charge is 2.27. The van der Waals surface area contributed by atoms with E-state index in [2.05, 4.69) is 70.7 Å². The molecule has 0 saturated carbocycles. The predicted molar refractivity (Wildman–Crippen MR) is 125 cm³/mol. The Kier molecular flexibility index (Phi) is 6.95. The quantitative estimate of drug-likeness (QED) is 0.772. The van der Waals surface area contributed by atoms with Gasteiger partial charge in [0, 0.05) is 43.3 Å². The van der Waals surface area contributed by atoms with Crippen molar-refractivity contribution >= 4 is 23.1 Å². The molecule has 2 aliphatic heterocycles. The zero-order valence-corrected chi connectivity index (χ0v) is 19.0. The number of piperidine rings is 1. The zero-order chi connectivity index (χ0) is 20.9. The van der Waals surface area contributed by atoms with Crippen molar-refractivity contribution in [3.63, 3.8) is 0 Å². The maximum Gasteiger partial charge on any atom is 0.317 e. The van der Waals surface area contributed by atoms with Crippen LogP contribution < -0.4 is 10.2 Å². The highest BCUT2D eigenvalue weighted by molar-refractivity contribution is 7.10. The van der Waals surface area contributed by atoms with Gasteiger partial charge in [0.05, 0.1) is 6.04 Å². The molecule has 1 unspecified atom stereocenters. The number of benzene rings is 1. The molecule has 2 fully saturated rings. The molecule has 30 heavy (non-hydrogen) atoms. The lowest BCUT2D eigenvalue weighted by molar-refractivity contribution is 0.134. The highest BCUT2D eigenvalue weighted by atomic mass is 32.1. The van der Waals surface area contributed by atoms with Crippen LogP contribution in [0.2, 0.25) is 0 Å². The lowest BCUT2D eigenvalue weighted by Crippen LogP contribution is -2.53. The minimum atomic E-state index is 0.0748. The zero-order valence-electron chi connectivity index (χ0n) is 18.2. The van der Waals surface area contributed by atoms with Crippen LogP contribution in [-0.2, 0) is 0 Å². The fourth-order valence-electron chi connectivity index (χ4n) is 4.52. The molecule has 0 aliphatic carbocycles. The summed E-state index contributed by atoms with van der Waals surface area (Å²) >= 11 is 1.80. The van der Waals surface area contributed by atoms with Gasteiger partial charge in [-0.3, -0.25) is 4.90 Å². The largest absolute Gasteiger partial charge is 0.368 e. The van der Waals surface area contributed by atoms with Crippen molar-refractivity contribution in [3.05, 3.63) is 52.2 Å². The second-order valence-electron chi connectivity index (χ2n) is 8.75. The summed E-state index contributed by atoms with van der Waals surface area (Å²) < 4.78 is 0. The van der Waals surface area contributed by atoms with Crippen LogP contribution >= 0.6 is 11.3 Å². The predicted octanol–water partition coefficient (Wildman–Crippen LogP) is 4.36. The number of aryl methyl sites for hydroxylation is 1. The van der Waals surface area contributed by atoms with Crippen molar-refractivity contribution in [2.45, 2.75) is 32.7 Å². The average molecular weight is 427 g/mol. The first-order chi connectivity index (χ1) is 14.6. The van der Waals surface area contributed by atoms with E-state index in [1.165, 1.54) is 29.0 Å². The molecular weight excluding hydrogens is 392 g/mol. The minimum absolute atomic E-state index is 0.0748. The summed E-state index contributed by atoms with van der Waals surface area (Å²) in [5.74, 6) is 0.810. The molecule has 4 rings (SSSR count). The number of amides is 2. The van der Waals surface area contributed by atoms with E-state index in [-0.39, 0.29) is 12.1 Å². The molecule has 162 valence electrons. The first kappa shape index (κ1) is 21.2. The molecule has 2 saturated heterocycles. The molecular formula is C24H34N4OS. The van der Waals surface area contributed by atoms with Crippen molar-refractivity contribution in [2.75, 3.05) is 50.7 Å². The van der Waals surface area contributed by atoms with Crippen LogP contribution in [0.25, 0.3) is 0 Å². The number of rotatable bonds is 5. The molecule has 2 aliphatic rings. The van der Waals surface area contributed by atoms with Crippen LogP contribution in [0, 0.1) is 12.8 Å². The summed E-state index contributed by atoms with van der Waals surface area (Å²) in [7, 11) is 0. The van der Waals surface area contributed by atoms with Gasteiger partial charge >= 0.3 is 6.03 Å². The summed E-state index contributed by atoms with van der Waals surface area (Å²) in [5, 5.41) is 5.39. The van der Waals surface area contributed by atoms with Crippen LogP contribution in [0.4, 0.5) is 10.5 Å². The van der Waals surface area contributed by atoms with Crippen LogP contribution in [0.15, 0.2) is 41.8 Å². The number of nitrogens with zero attached hydrogens (tertiary/aromatic N) is 3. The molecule has 1 aromatic heterocycles. The minimum Gasteiger partial charge on any atom is -0.368 e. The Labute approximate surface area is 184 Å². The Morgan fingerprint density at radius 2 is 1.87 bits per heavy atom. The van der Waals surface area contributed by atoms with Gasteiger partial charge in [-0.2, -0.15) is 0 Å². The average Bonchev–Trinajstić information content (AvgIpc) is 3.30. The molecule has 6 heteroatoms. The van der Waals surface area contributed by atoms with Crippen LogP contribution in [0.5, 0.6) is 0 Å². The topological polar surface area (TPSA) is 38.8 Å². The van der Waals surface area contributed by atoms with Crippen molar-refractivity contribution in [3.8, 4) is 0 Å². The van der Waals surface area contributed by atoms with Crippen molar-refractivity contribution < 1.29 is 4.79 Å². The smallest absolute Gasteiger partial charge is 0.317 e. The van der Waals surface area contributed by atoms with Crippen LogP contribution in [-0.4, -0.2) is 61.6 Å². The molecule has 1 N–H and O–H groups in total. The molecule has 0 bridgehead atoms. The van der Waals surface area contributed by atoms with Crippen molar-refractivity contribution in [2.24, 2.45) is 5.92 Å². The first-order valence-electron chi connectivity index (χ1n) is 11.2. The van der Waals surface area contributed by atoms with E-state index in [0.29, 0.717) is 6.54 Å². The highest BCUT2D eigenvalue weighted by Crippen LogP contribution is 2.29. The number of carbonyl (C=O) groups excluding carboxylic acids is 1. The fourth-order valence-corrected chi connectivity index (χ4v) is 5.38. The maximum atomic E-state index is 12.9. The van der Waals surface area contributed by atoms with E-state index in [0.717, 1.165) is 45.2 Å². The van der Waals surface area contributed by atoms with Crippen molar-refractivity contribution in [1.82, 2.24) is 15.1 Å². The molecule has 2 amide bonds. The molecule has 0 radical (unpaired) electrons. The lowest BCUT2D eigenvalue weighted by atomic mass is 9.97. The van der Waals surface area contributed by atoms with E-state index < -0.39 is 0 Å². The summed E-state index contributed by atoms with van der Waals surface area (Å²) in [6.45, 7) is 10.7. The normalized spacial score (nSPS) is 19.7. The maximum absolute atomic E-state index is 12.9. The third-order valence-electron chi connectivity index (χ3n) is 6.51. The van der Waals surface area contributed by atoms with Gasteiger partial charge in [0.25, 0.3) is 0 Å². The van der Waals surface area contributed by atoms with Gasteiger partial charge in [-0.1, -0.05) is 25.1 Å². The van der Waals surface area contributed by atoms with E-state index in [9.17, 15) is 4.79 Å². The summed E-state index contributed by atoms with van der Waals surface area (Å²) in [4.78, 5) is 21.1. The third kappa shape index (κ3) is 5.16. The monoisotopic (exact) mass is 426 g/mol. The van der Waals surface area contributed by atoms with Crippen LogP contribution in [0.3, 0.4) is 0 Å². The molecule has 5 nitrogen and oxygen atoms in total. The Morgan fingerprint density at radius 3 is 2.53 bits per heavy atom. The summed E-state index contributed by atoms with van der Waals surface area (Å²) in [5.41, 5.74) is 2.53. The van der Waals surface area contributed by atoms with Crippen LogP contribution in [0.1, 0.15) is 36.2 Å². The van der Waals surface area contributed by atoms with E-state index >= 15 is 0 Å². The van der Waals surface area contributed by atoms with Gasteiger partial charge in [-0.05, 0) is 67.9 Å². The second kappa shape index (κ2) is 9.84. The second-order valence-corrected chi connectivity index (χ2v) is 9.73. The molecule has 1 aromatic carbocycles. The number of anilines is 1. The molecule has 2 aromatic rings. The number of hydrogen-bond acceptors (Lipinski definition) is 4. The number of urea groups is 1. The van der Waals surface area contributed by atoms with E-state index in [1.54, 1.807) is 11.3 Å².